The Bertz CT molecular complexity index is 483. The summed E-state index contributed by atoms with van der Waals surface area (Å²) < 4.78 is 0.951. The van der Waals surface area contributed by atoms with E-state index < -0.39 is 5.97 Å². The fourth-order valence-electron chi connectivity index (χ4n) is 2.13. The van der Waals surface area contributed by atoms with Crippen LogP contribution in [0.25, 0.3) is 6.08 Å². The minimum absolute atomic E-state index is 0.557. The molecule has 0 heterocycles. The van der Waals surface area contributed by atoms with Crippen LogP contribution in [-0.4, -0.2) is 24.2 Å². The van der Waals surface area contributed by atoms with E-state index in [1.807, 2.05) is 18.2 Å². The summed E-state index contributed by atoms with van der Waals surface area (Å²) in [6, 6.07) is 6.00. The Labute approximate surface area is 129 Å². The molecule has 0 aliphatic carbocycles. The number of carbonyl (C=O) groups is 1. The van der Waals surface area contributed by atoms with E-state index in [-0.39, 0.29) is 0 Å². The van der Waals surface area contributed by atoms with Crippen molar-refractivity contribution in [3.05, 3.63) is 34.3 Å². The third kappa shape index (κ3) is 5.37. The van der Waals surface area contributed by atoms with Crippen molar-refractivity contribution in [2.45, 2.75) is 27.2 Å². The topological polar surface area (TPSA) is 40.5 Å². The quantitative estimate of drug-likeness (QED) is 0.747. The second-order valence-corrected chi connectivity index (χ2v) is 6.13. The largest absolute Gasteiger partial charge is 0.478 e. The Morgan fingerprint density at radius 1 is 1.45 bits per heavy atom. The molecule has 1 N–H and O–H groups in total. The van der Waals surface area contributed by atoms with Crippen LogP contribution in [-0.2, 0) is 4.79 Å². The van der Waals surface area contributed by atoms with Crippen molar-refractivity contribution < 1.29 is 9.90 Å². The second-order valence-electron chi connectivity index (χ2n) is 5.21. The zero-order chi connectivity index (χ0) is 15.1. The summed E-state index contributed by atoms with van der Waals surface area (Å²) in [7, 11) is 0. The molecule has 0 aliphatic rings. The van der Waals surface area contributed by atoms with Gasteiger partial charge >= 0.3 is 5.97 Å². The van der Waals surface area contributed by atoms with Crippen molar-refractivity contribution in [1.82, 2.24) is 0 Å². The zero-order valence-corrected chi connectivity index (χ0v) is 13.9. The maximum Gasteiger partial charge on any atom is 0.328 e. The smallest absolute Gasteiger partial charge is 0.328 e. The third-order valence-corrected chi connectivity index (χ3v) is 3.31. The number of hydrogen-bond donors (Lipinski definition) is 1. The van der Waals surface area contributed by atoms with Crippen LogP contribution in [0, 0.1) is 5.92 Å². The Morgan fingerprint density at radius 2 is 2.15 bits per heavy atom. The SMILES string of the molecule is CCCN(CC(C)C)c1ccc(Br)cc1C=CC(=O)O. The molecule has 3 nitrogen and oxygen atoms in total. The van der Waals surface area contributed by atoms with E-state index in [1.54, 1.807) is 6.08 Å². The molecule has 0 atom stereocenters. The number of carboxylic acids is 1. The van der Waals surface area contributed by atoms with E-state index in [1.165, 1.54) is 6.08 Å². The van der Waals surface area contributed by atoms with Crippen molar-refractivity contribution in [3.63, 3.8) is 0 Å². The van der Waals surface area contributed by atoms with Gasteiger partial charge in [-0.2, -0.15) is 0 Å². The van der Waals surface area contributed by atoms with Crippen LogP contribution in [0.3, 0.4) is 0 Å². The lowest BCUT2D eigenvalue weighted by Crippen LogP contribution is -2.29. The van der Waals surface area contributed by atoms with Crippen molar-refractivity contribution in [2.75, 3.05) is 18.0 Å². The maximum atomic E-state index is 10.7. The van der Waals surface area contributed by atoms with Crippen LogP contribution in [0.5, 0.6) is 0 Å². The van der Waals surface area contributed by atoms with Gasteiger partial charge in [-0.05, 0) is 42.2 Å². The Balaban J connectivity index is 3.15. The molecule has 0 fully saturated rings. The summed E-state index contributed by atoms with van der Waals surface area (Å²) in [6.45, 7) is 8.46. The Morgan fingerprint density at radius 3 is 2.70 bits per heavy atom. The van der Waals surface area contributed by atoms with Gasteiger partial charge in [-0.25, -0.2) is 4.79 Å². The van der Waals surface area contributed by atoms with E-state index >= 15 is 0 Å². The number of benzene rings is 1. The first-order chi connectivity index (χ1) is 9.43. The first-order valence-electron chi connectivity index (χ1n) is 6.89. The van der Waals surface area contributed by atoms with Crippen LogP contribution in [0.2, 0.25) is 0 Å². The minimum atomic E-state index is -0.929. The molecule has 0 aliphatic heterocycles. The van der Waals surface area contributed by atoms with Crippen LogP contribution in [0.15, 0.2) is 28.7 Å². The van der Waals surface area contributed by atoms with Gasteiger partial charge < -0.3 is 10.0 Å². The van der Waals surface area contributed by atoms with Gasteiger partial charge in [0.2, 0.25) is 0 Å². The van der Waals surface area contributed by atoms with Crippen molar-refractivity contribution in [2.24, 2.45) is 5.92 Å². The molecule has 0 bridgehead atoms. The minimum Gasteiger partial charge on any atom is -0.478 e. The molecule has 0 radical (unpaired) electrons. The van der Waals surface area contributed by atoms with Gasteiger partial charge in [0.05, 0.1) is 0 Å². The molecule has 20 heavy (non-hydrogen) atoms. The third-order valence-electron chi connectivity index (χ3n) is 2.81. The highest BCUT2D eigenvalue weighted by Crippen LogP contribution is 2.27. The average Bonchev–Trinajstić information content (AvgIpc) is 2.35. The second kappa shape index (κ2) is 8.10. The molecule has 110 valence electrons. The zero-order valence-electron chi connectivity index (χ0n) is 12.3. The normalized spacial score (nSPS) is 11.2. The molecule has 0 saturated carbocycles. The van der Waals surface area contributed by atoms with Gasteiger partial charge in [0.15, 0.2) is 0 Å². The summed E-state index contributed by atoms with van der Waals surface area (Å²) >= 11 is 3.44. The van der Waals surface area contributed by atoms with Crippen LogP contribution >= 0.6 is 15.9 Å². The lowest BCUT2D eigenvalue weighted by molar-refractivity contribution is -0.131. The summed E-state index contributed by atoms with van der Waals surface area (Å²) in [6.07, 6.45) is 3.90. The molecule has 4 heteroatoms. The van der Waals surface area contributed by atoms with E-state index in [0.717, 1.165) is 35.2 Å². The molecule has 1 aromatic rings. The predicted molar refractivity (Wildman–Crippen MR) is 88.2 cm³/mol. The number of rotatable bonds is 7. The summed E-state index contributed by atoms with van der Waals surface area (Å²) in [5.41, 5.74) is 2.01. The summed E-state index contributed by atoms with van der Waals surface area (Å²) in [4.78, 5) is 13.0. The van der Waals surface area contributed by atoms with E-state index in [2.05, 4.69) is 41.6 Å². The van der Waals surface area contributed by atoms with Gasteiger partial charge in [0, 0.05) is 29.3 Å². The van der Waals surface area contributed by atoms with Crippen molar-refractivity contribution in [1.29, 1.82) is 0 Å². The van der Waals surface area contributed by atoms with Crippen molar-refractivity contribution >= 4 is 33.7 Å². The standard InChI is InChI=1S/C16H22BrNO2/c1-4-9-18(11-12(2)3)15-7-6-14(17)10-13(15)5-8-16(19)20/h5-8,10,12H,4,9,11H2,1-3H3,(H,19,20). The van der Waals surface area contributed by atoms with Gasteiger partial charge in [-0.1, -0.05) is 36.7 Å². The Hall–Kier alpha value is -1.29. The lowest BCUT2D eigenvalue weighted by Gasteiger charge is -2.28. The number of halogens is 1. The van der Waals surface area contributed by atoms with Gasteiger partial charge in [-0.15, -0.1) is 0 Å². The number of nitrogens with zero attached hydrogens (tertiary/aromatic N) is 1. The Kier molecular flexibility index (Phi) is 6.79. The number of hydrogen-bond acceptors (Lipinski definition) is 2. The van der Waals surface area contributed by atoms with Gasteiger partial charge in [0.25, 0.3) is 0 Å². The highest BCUT2D eigenvalue weighted by Gasteiger charge is 2.11. The lowest BCUT2D eigenvalue weighted by atomic mass is 10.1. The molecule has 0 saturated heterocycles. The number of carboxylic acid groups (broad SMARTS) is 1. The highest BCUT2D eigenvalue weighted by molar-refractivity contribution is 9.10. The number of aliphatic carboxylic acids is 1. The monoisotopic (exact) mass is 339 g/mol. The fraction of sp³-hybridized carbons (Fsp3) is 0.438. The predicted octanol–water partition coefficient (Wildman–Crippen LogP) is 4.42. The first kappa shape index (κ1) is 16.8. The number of anilines is 1. The van der Waals surface area contributed by atoms with Gasteiger partial charge in [0.1, 0.15) is 0 Å². The van der Waals surface area contributed by atoms with Gasteiger partial charge in [-0.3, -0.25) is 0 Å². The average molecular weight is 340 g/mol. The van der Waals surface area contributed by atoms with Crippen LogP contribution in [0.4, 0.5) is 5.69 Å². The summed E-state index contributed by atoms with van der Waals surface area (Å²) in [5.74, 6) is -0.372. The molecule has 1 aromatic carbocycles. The van der Waals surface area contributed by atoms with Crippen molar-refractivity contribution in [3.8, 4) is 0 Å². The van der Waals surface area contributed by atoms with E-state index in [0.29, 0.717) is 5.92 Å². The van der Waals surface area contributed by atoms with Crippen LogP contribution < -0.4 is 4.90 Å². The van der Waals surface area contributed by atoms with E-state index in [9.17, 15) is 4.79 Å². The molecule has 0 aromatic heterocycles. The maximum absolute atomic E-state index is 10.7. The molecule has 0 spiro atoms. The highest BCUT2D eigenvalue weighted by atomic mass is 79.9. The van der Waals surface area contributed by atoms with E-state index in [4.69, 9.17) is 5.11 Å². The molecule has 0 unspecified atom stereocenters. The van der Waals surface area contributed by atoms with Crippen LogP contribution in [0.1, 0.15) is 32.8 Å². The molecule has 1 rings (SSSR count). The fourth-order valence-corrected chi connectivity index (χ4v) is 2.51. The first-order valence-corrected chi connectivity index (χ1v) is 7.68. The molecular weight excluding hydrogens is 318 g/mol. The molecule has 0 amide bonds. The molecular formula is C16H22BrNO2. The summed E-state index contributed by atoms with van der Waals surface area (Å²) in [5, 5.41) is 8.81.